The molecule has 0 N–H and O–H groups in total. The van der Waals surface area contributed by atoms with Crippen LogP contribution in [-0.2, 0) is 16.6 Å². The zero-order valence-corrected chi connectivity index (χ0v) is 18.0. The van der Waals surface area contributed by atoms with Gasteiger partial charge in [0, 0.05) is 29.2 Å². The van der Waals surface area contributed by atoms with Crippen LogP contribution < -0.4 is 4.90 Å². The number of anilines is 1. The second kappa shape index (κ2) is 7.51. The Kier molecular flexibility index (Phi) is 5.07. The molecule has 0 unspecified atom stereocenters. The predicted molar refractivity (Wildman–Crippen MR) is 118 cm³/mol. The first-order valence-electron chi connectivity index (χ1n) is 10.0. The van der Waals surface area contributed by atoms with Crippen LogP contribution in [0.3, 0.4) is 0 Å². The van der Waals surface area contributed by atoms with Crippen LogP contribution in [0.5, 0.6) is 0 Å². The van der Waals surface area contributed by atoms with Crippen LogP contribution in [0.2, 0.25) is 0 Å². The van der Waals surface area contributed by atoms with Crippen molar-refractivity contribution in [2.75, 3.05) is 4.90 Å². The molecule has 3 aromatic rings. The van der Waals surface area contributed by atoms with E-state index in [0.29, 0.717) is 22.2 Å². The van der Waals surface area contributed by atoms with E-state index in [1.807, 2.05) is 0 Å². The van der Waals surface area contributed by atoms with Gasteiger partial charge < -0.3 is 4.57 Å². The number of amides is 2. The van der Waals surface area contributed by atoms with Crippen molar-refractivity contribution in [3.05, 3.63) is 82.6 Å². The molecule has 0 atom stereocenters. The van der Waals surface area contributed by atoms with Gasteiger partial charge in [-0.25, -0.2) is 4.90 Å². The minimum absolute atomic E-state index is 0.0830. The third kappa shape index (κ3) is 3.16. The second-order valence-corrected chi connectivity index (χ2v) is 7.94. The number of para-hydroxylation sites is 2. The maximum absolute atomic E-state index is 14.7. The Morgan fingerprint density at radius 1 is 0.844 bits per heavy atom. The maximum atomic E-state index is 14.7. The van der Waals surface area contributed by atoms with Gasteiger partial charge in [0.2, 0.25) is 0 Å². The molecule has 32 heavy (non-hydrogen) atoms. The van der Waals surface area contributed by atoms with E-state index >= 15 is 0 Å². The summed E-state index contributed by atoms with van der Waals surface area (Å²) in [6, 6.07) is 14.7. The lowest BCUT2D eigenvalue weighted by Crippen LogP contribution is -2.29. The van der Waals surface area contributed by atoms with E-state index in [2.05, 4.69) is 0 Å². The fourth-order valence-electron chi connectivity index (χ4n) is 4.28. The SMILES string of the molecule is CC(C)=C1C(=O)N(c2ccccc2)C(=O)/C1=C(/c1c(C)n(C)c2ccccc12)C(F)(F)F. The Morgan fingerprint density at radius 2 is 1.41 bits per heavy atom. The van der Waals surface area contributed by atoms with Crippen LogP contribution in [0, 0.1) is 6.92 Å². The van der Waals surface area contributed by atoms with Crippen LogP contribution in [0.25, 0.3) is 16.5 Å². The van der Waals surface area contributed by atoms with Crippen molar-refractivity contribution in [3.8, 4) is 0 Å². The number of rotatable bonds is 2. The van der Waals surface area contributed by atoms with Gasteiger partial charge in [-0.05, 0) is 39.0 Å². The minimum atomic E-state index is -4.87. The van der Waals surface area contributed by atoms with E-state index in [1.54, 1.807) is 74.9 Å². The van der Waals surface area contributed by atoms with Crippen molar-refractivity contribution >= 4 is 34.0 Å². The highest BCUT2D eigenvalue weighted by Gasteiger charge is 2.49. The molecule has 2 amide bonds. The molecule has 2 aromatic carbocycles. The quantitative estimate of drug-likeness (QED) is 0.380. The van der Waals surface area contributed by atoms with E-state index in [9.17, 15) is 22.8 Å². The highest BCUT2D eigenvalue weighted by molar-refractivity contribution is 6.39. The summed E-state index contributed by atoms with van der Waals surface area (Å²) in [5.41, 5.74) is -0.441. The van der Waals surface area contributed by atoms with Crippen LogP contribution in [0.15, 0.2) is 71.3 Å². The van der Waals surface area contributed by atoms with E-state index in [-0.39, 0.29) is 16.8 Å². The monoisotopic (exact) mass is 438 g/mol. The summed E-state index contributed by atoms with van der Waals surface area (Å²) in [6.45, 7) is 4.66. The van der Waals surface area contributed by atoms with Crippen molar-refractivity contribution in [2.45, 2.75) is 26.9 Å². The number of carbonyl (C=O) groups is 2. The molecule has 0 spiro atoms. The van der Waals surface area contributed by atoms with Crippen molar-refractivity contribution in [3.63, 3.8) is 0 Å². The molecule has 7 heteroatoms. The first-order chi connectivity index (χ1) is 15.1. The van der Waals surface area contributed by atoms with Crippen LogP contribution in [0.1, 0.15) is 25.1 Å². The number of hydrogen-bond acceptors (Lipinski definition) is 2. The molecule has 0 saturated carbocycles. The Labute approximate surface area is 183 Å². The molecule has 1 fully saturated rings. The number of aromatic nitrogens is 1. The minimum Gasteiger partial charge on any atom is -0.347 e. The molecule has 4 rings (SSSR count). The molecule has 1 aliphatic rings. The zero-order chi connectivity index (χ0) is 23.4. The molecular formula is C25H21F3N2O2. The van der Waals surface area contributed by atoms with Gasteiger partial charge in [0.15, 0.2) is 0 Å². The van der Waals surface area contributed by atoms with Crippen molar-refractivity contribution < 1.29 is 22.8 Å². The zero-order valence-electron chi connectivity index (χ0n) is 18.0. The van der Waals surface area contributed by atoms with Gasteiger partial charge in [-0.1, -0.05) is 42.0 Å². The molecule has 2 heterocycles. The van der Waals surface area contributed by atoms with E-state index in [0.717, 1.165) is 4.90 Å². The van der Waals surface area contributed by atoms with Gasteiger partial charge in [-0.2, -0.15) is 13.2 Å². The number of nitrogens with zero attached hydrogens (tertiary/aromatic N) is 2. The standard InChI is InChI=1S/C25H21F3N2O2/c1-14(2)19-21(24(32)30(23(19)31)16-10-6-5-7-11-16)22(25(26,27)28)20-15(3)29(4)18-13-9-8-12-17(18)20/h5-13H,1-4H3/b22-21-. The number of halogens is 3. The average molecular weight is 438 g/mol. The molecule has 1 aromatic heterocycles. The average Bonchev–Trinajstić information content (AvgIpc) is 3.13. The fourth-order valence-corrected chi connectivity index (χ4v) is 4.28. The molecule has 0 aliphatic carbocycles. The third-order valence-corrected chi connectivity index (χ3v) is 5.78. The summed E-state index contributed by atoms with van der Waals surface area (Å²) in [5.74, 6) is -1.73. The van der Waals surface area contributed by atoms with Gasteiger partial charge in [0.05, 0.1) is 22.4 Å². The number of imide groups is 1. The number of carbonyl (C=O) groups excluding carboxylic acids is 2. The predicted octanol–water partition coefficient (Wildman–Crippen LogP) is 5.71. The summed E-state index contributed by atoms with van der Waals surface area (Å²) in [7, 11) is 1.68. The molecule has 4 nitrogen and oxygen atoms in total. The number of benzene rings is 2. The number of aryl methyl sites for hydroxylation is 1. The number of alkyl halides is 3. The highest BCUT2D eigenvalue weighted by Crippen LogP contribution is 2.47. The summed E-state index contributed by atoms with van der Waals surface area (Å²) in [5, 5.41) is 0.374. The van der Waals surface area contributed by atoms with E-state index < -0.39 is 29.1 Å². The summed E-state index contributed by atoms with van der Waals surface area (Å²) in [4.78, 5) is 27.5. The Morgan fingerprint density at radius 3 is 2.00 bits per heavy atom. The molecular weight excluding hydrogens is 417 g/mol. The summed E-state index contributed by atoms with van der Waals surface area (Å²) in [6.07, 6.45) is -4.87. The largest absolute Gasteiger partial charge is 0.417 e. The Hall–Kier alpha value is -3.61. The van der Waals surface area contributed by atoms with Crippen LogP contribution in [-0.4, -0.2) is 22.6 Å². The number of fused-ring (bicyclic) bond motifs is 1. The van der Waals surface area contributed by atoms with Gasteiger partial charge in [0.25, 0.3) is 11.8 Å². The summed E-state index contributed by atoms with van der Waals surface area (Å²) >= 11 is 0. The van der Waals surface area contributed by atoms with Crippen LogP contribution in [0.4, 0.5) is 18.9 Å². The summed E-state index contributed by atoms with van der Waals surface area (Å²) < 4.78 is 45.7. The number of allylic oxidation sites excluding steroid dienone is 2. The Balaban J connectivity index is 2.14. The molecule has 0 bridgehead atoms. The third-order valence-electron chi connectivity index (χ3n) is 5.78. The van der Waals surface area contributed by atoms with E-state index in [4.69, 9.17) is 0 Å². The fraction of sp³-hybridized carbons (Fsp3) is 0.200. The topological polar surface area (TPSA) is 42.3 Å². The van der Waals surface area contributed by atoms with Crippen molar-refractivity contribution in [1.82, 2.24) is 4.57 Å². The van der Waals surface area contributed by atoms with Crippen molar-refractivity contribution in [2.24, 2.45) is 7.05 Å². The molecule has 1 aliphatic heterocycles. The van der Waals surface area contributed by atoms with Gasteiger partial charge in [-0.15, -0.1) is 0 Å². The maximum Gasteiger partial charge on any atom is 0.417 e. The lowest BCUT2D eigenvalue weighted by Gasteiger charge is -2.17. The van der Waals surface area contributed by atoms with Gasteiger partial charge >= 0.3 is 6.18 Å². The first-order valence-corrected chi connectivity index (χ1v) is 10.0. The smallest absolute Gasteiger partial charge is 0.347 e. The molecule has 164 valence electrons. The highest BCUT2D eigenvalue weighted by atomic mass is 19.4. The van der Waals surface area contributed by atoms with Gasteiger partial charge in [0.1, 0.15) is 0 Å². The molecule has 1 saturated heterocycles. The second-order valence-electron chi connectivity index (χ2n) is 7.94. The normalized spacial score (nSPS) is 16.3. The van der Waals surface area contributed by atoms with E-state index in [1.165, 1.54) is 12.1 Å². The lowest BCUT2D eigenvalue weighted by atomic mass is 9.91. The Bertz CT molecular complexity index is 1320. The molecule has 0 radical (unpaired) electrons. The van der Waals surface area contributed by atoms with Gasteiger partial charge in [-0.3, -0.25) is 9.59 Å². The first kappa shape index (κ1) is 21.6. The lowest BCUT2D eigenvalue weighted by molar-refractivity contribution is -0.120. The van der Waals surface area contributed by atoms with Crippen LogP contribution >= 0.6 is 0 Å². The van der Waals surface area contributed by atoms with Crippen molar-refractivity contribution in [1.29, 1.82) is 0 Å². The number of hydrogen-bond donors (Lipinski definition) is 0.